The highest BCUT2D eigenvalue weighted by molar-refractivity contribution is 9.12. The van der Waals surface area contributed by atoms with Crippen LogP contribution in [0.3, 0.4) is 0 Å². The summed E-state index contributed by atoms with van der Waals surface area (Å²) in [5.74, 6) is -1.18. The Morgan fingerprint density at radius 1 is 1.19 bits per heavy atom. The zero-order valence-electron chi connectivity index (χ0n) is 14.2. The molecule has 144 valence electrons. The van der Waals surface area contributed by atoms with E-state index >= 15 is 0 Å². The summed E-state index contributed by atoms with van der Waals surface area (Å²) in [4.78, 5) is 39.7. The Morgan fingerprint density at radius 2 is 1.74 bits per heavy atom. The van der Waals surface area contributed by atoms with Crippen LogP contribution in [-0.4, -0.2) is 38.8 Å². The Balaban J connectivity index is 1.49. The summed E-state index contributed by atoms with van der Waals surface area (Å²) in [6.45, 7) is 1.53. The van der Waals surface area contributed by atoms with Crippen LogP contribution in [0.15, 0.2) is 16.6 Å². The van der Waals surface area contributed by atoms with Crippen molar-refractivity contribution in [1.29, 1.82) is 0 Å². The van der Waals surface area contributed by atoms with Gasteiger partial charge in [0.25, 0.3) is 0 Å². The molecular weight excluding hydrogens is 567 g/mol. The standard InChI is InChI=1S/C18H16Br3ClN2O3/c1-6-10(3-2-9(19)16(6)22)23-11(25)5-24-17(26)12-7-4-8(13(12)18(24)27)15(21)14(7)20/h2-3,7-8,12-15H,4-5H2,1H3,(H,23,25)/t7-,8+,12-,13-,14-,15+/m0/s1. The maximum absolute atomic E-state index is 12.9. The first-order valence-electron chi connectivity index (χ1n) is 8.60. The molecule has 1 heterocycles. The van der Waals surface area contributed by atoms with Crippen molar-refractivity contribution in [2.24, 2.45) is 23.7 Å². The van der Waals surface area contributed by atoms with Crippen LogP contribution in [0.2, 0.25) is 5.02 Å². The summed E-state index contributed by atoms with van der Waals surface area (Å²) in [6.07, 6.45) is 0.870. The maximum Gasteiger partial charge on any atom is 0.244 e. The van der Waals surface area contributed by atoms with Gasteiger partial charge in [0.1, 0.15) is 6.54 Å². The number of likely N-dealkylation sites (tertiary alicyclic amines) is 1. The molecule has 5 nitrogen and oxygen atoms in total. The third-order valence-corrected chi connectivity index (χ3v) is 10.6. The van der Waals surface area contributed by atoms with Gasteiger partial charge in [0.15, 0.2) is 0 Å². The topological polar surface area (TPSA) is 66.5 Å². The van der Waals surface area contributed by atoms with Gasteiger partial charge in [0, 0.05) is 19.8 Å². The van der Waals surface area contributed by atoms with Crippen molar-refractivity contribution in [3.63, 3.8) is 0 Å². The lowest BCUT2D eigenvalue weighted by atomic mass is 9.81. The molecule has 1 aromatic rings. The van der Waals surface area contributed by atoms with Crippen LogP contribution in [-0.2, 0) is 14.4 Å². The molecule has 9 heteroatoms. The molecule has 0 aromatic heterocycles. The highest BCUT2D eigenvalue weighted by atomic mass is 79.9. The first-order valence-corrected chi connectivity index (χ1v) is 11.6. The molecule has 2 bridgehead atoms. The molecule has 1 N–H and O–H groups in total. The second-order valence-corrected chi connectivity index (χ2v) is 10.7. The number of alkyl halides is 2. The van der Waals surface area contributed by atoms with Gasteiger partial charge >= 0.3 is 0 Å². The minimum absolute atomic E-state index is 0.140. The Bertz CT molecular complexity index is 832. The van der Waals surface area contributed by atoms with Crippen molar-refractivity contribution in [2.45, 2.75) is 23.0 Å². The molecule has 1 aliphatic heterocycles. The molecule has 0 radical (unpaired) electrons. The third kappa shape index (κ3) is 3.02. The molecule has 4 rings (SSSR count). The number of nitrogens with zero attached hydrogens (tertiary/aromatic N) is 1. The summed E-state index contributed by atoms with van der Waals surface area (Å²) in [5.41, 5.74) is 1.28. The molecular formula is C18H16Br3ClN2O3. The van der Waals surface area contributed by atoms with Crippen molar-refractivity contribution in [3.8, 4) is 0 Å². The highest BCUT2D eigenvalue weighted by Gasteiger charge is 2.66. The highest BCUT2D eigenvalue weighted by Crippen LogP contribution is 2.60. The number of carbonyl (C=O) groups is 3. The lowest BCUT2D eigenvalue weighted by molar-refractivity contribution is -0.143. The van der Waals surface area contributed by atoms with Crippen molar-refractivity contribution < 1.29 is 14.4 Å². The Labute approximate surface area is 186 Å². The Hall–Kier alpha value is -0.440. The van der Waals surface area contributed by atoms with Crippen LogP contribution in [0, 0.1) is 30.6 Å². The van der Waals surface area contributed by atoms with E-state index in [0.29, 0.717) is 10.7 Å². The second-order valence-electron chi connectivity index (χ2n) is 7.35. The fraction of sp³-hybridized carbons (Fsp3) is 0.500. The number of hydrogen-bond acceptors (Lipinski definition) is 3. The molecule has 3 aliphatic rings. The summed E-state index contributed by atoms with van der Waals surface area (Å²) in [5, 5.41) is 3.27. The van der Waals surface area contributed by atoms with Gasteiger partial charge in [-0.05, 0) is 58.8 Å². The molecule has 2 saturated carbocycles. The molecule has 3 fully saturated rings. The van der Waals surface area contributed by atoms with E-state index in [4.69, 9.17) is 11.6 Å². The predicted octanol–water partition coefficient (Wildman–Crippen LogP) is 4.13. The molecule has 2 aliphatic carbocycles. The van der Waals surface area contributed by atoms with E-state index in [-0.39, 0.29) is 51.7 Å². The van der Waals surface area contributed by atoms with Crippen LogP contribution in [0.25, 0.3) is 0 Å². The van der Waals surface area contributed by atoms with Crippen molar-refractivity contribution in [2.75, 3.05) is 11.9 Å². The van der Waals surface area contributed by atoms with E-state index in [9.17, 15) is 14.4 Å². The van der Waals surface area contributed by atoms with Gasteiger partial charge in [-0.2, -0.15) is 0 Å². The number of nitrogens with one attached hydrogen (secondary N) is 1. The monoisotopic (exact) mass is 580 g/mol. The molecule has 6 atom stereocenters. The summed E-state index contributed by atoms with van der Waals surface area (Å²) < 4.78 is 0.738. The lowest BCUT2D eigenvalue weighted by Gasteiger charge is -2.28. The average molecular weight is 584 g/mol. The number of amides is 3. The van der Waals surface area contributed by atoms with Crippen LogP contribution < -0.4 is 5.32 Å². The number of benzene rings is 1. The number of anilines is 1. The fourth-order valence-electron chi connectivity index (χ4n) is 4.69. The van der Waals surface area contributed by atoms with E-state index in [0.717, 1.165) is 21.4 Å². The number of rotatable bonds is 3. The largest absolute Gasteiger partial charge is 0.324 e. The normalized spacial score (nSPS) is 34.3. The Kier molecular flexibility index (Phi) is 5.23. The van der Waals surface area contributed by atoms with Gasteiger partial charge < -0.3 is 5.32 Å². The van der Waals surface area contributed by atoms with Gasteiger partial charge in [0.2, 0.25) is 17.7 Å². The van der Waals surface area contributed by atoms with Crippen LogP contribution >= 0.6 is 59.4 Å². The Morgan fingerprint density at radius 3 is 2.30 bits per heavy atom. The zero-order valence-corrected chi connectivity index (χ0v) is 19.7. The summed E-state index contributed by atoms with van der Waals surface area (Å²) >= 11 is 16.8. The lowest BCUT2D eigenvalue weighted by Crippen LogP contribution is -2.39. The number of fused-ring (bicyclic) bond motifs is 5. The smallest absolute Gasteiger partial charge is 0.244 e. The second kappa shape index (κ2) is 7.11. The van der Waals surface area contributed by atoms with Gasteiger partial charge in [0.05, 0.1) is 16.9 Å². The number of halogens is 4. The first kappa shape index (κ1) is 19.9. The van der Waals surface area contributed by atoms with E-state index in [1.165, 1.54) is 0 Å². The average Bonchev–Trinajstić information content (AvgIpc) is 3.23. The fourth-order valence-corrected chi connectivity index (χ4v) is 7.15. The van der Waals surface area contributed by atoms with Gasteiger partial charge in [-0.1, -0.05) is 43.5 Å². The predicted molar refractivity (Wildman–Crippen MR) is 113 cm³/mol. The van der Waals surface area contributed by atoms with Crippen molar-refractivity contribution in [3.05, 3.63) is 27.2 Å². The van der Waals surface area contributed by atoms with E-state index < -0.39 is 5.91 Å². The minimum Gasteiger partial charge on any atom is -0.324 e. The summed E-state index contributed by atoms with van der Waals surface area (Å²) in [6, 6.07) is 3.47. The third-order valence-electron chi connectivity index (χ3n) is 5.99. The molecule has 27 heavy (non-hydrogen) atoms. The number of carbonyl (C=O) groups excluding carboxylic acids is 3. The molecule has 0 spiro atoms. The minimum atomic E-state index is -0.406. The van der Waals surface area contributed by atoms with Gasteiger partial charge in [-0.15, -0.1) is 0 Å². The maximum atomic E-state index is 12.9. The van der Waals surface area contributed by atoms with Crippen LogP contribution in [0.1, 0.15) is 12.0 Å². The van der Waals surface area contributed by atoms with Gasteiger partial charge in [-0.25, -0.2) is 0 Å². The van der Waals surface area contributed by atoms with Crippen molar-refractivity contribution >= 4 is 82.8 Å². The van der Waals surface area contributed by atoms with Crippen LogP contribution in [0.4, 0.5) is 5.69 Å². The van der Waals surface area contributed by atoms with Crippen LogP contribution in [0.5, 0.6) is 0 Å². The first-order chi connectivity index (χ1) is 12.7. The SMILES string of the molecule is Cc1c(NC(=O)CN2C(=O)[C@H]3[C@@H]4C[C@@H]([C@@H](Br)[C@H]4Br)[C@@H]3C2=O)ccc(Br)c1Cl. The van der Waals surface area contributed by atoms with E-state index in [1.54, 1.807) is 19.1 Å². The molecule has 1 saturated heterocycles. The quantitative estimate of drug-likeness (QED) is 0.430. The van der Waals surface area contributed by atoms with E-state index in [2.05, 4.69) is 53.1 Å². The van der Waals surface area contributed by atoms with Gasteiger partial charge in [-0.3, -0.25) is 19.3 Å². The number of hydrogen-bond donors (Lipinski definition) is 1. The summed E-state index contributed by atoms with van der Waals surface area (Å²) in [7, 11) is 0. The number of imide groups is 1. The van der Waals surface area contributed by atoms with E-state index in [1.807, 2.05) is 0 Å². The molecule has 0 unspecified atom stereocenters. The molecule has 1 aromatic carbocycles. The molecule has 3 amide bonds. The zero-order chi connectivity index (χ0) is 19.6. The van der Waals surface area contributed by atoms with Crippen molar-refractivity contribution in [1.82, 2.24) is 4.90 Å².